The predicted molar refractivity (Wildman–Crippen MR) is 51.7 cm³/mol. The lowest BCUT2D eigenvalue weighted by Crippen LogP contribution is -2.53. The molecule has 3 aliphatic carbocycles. The van der Waals surface area contributed by atoms with Gasteiger partial charge in [0.25, 0.3) is 0 Å². The average molecular weight is 196 g/mol. The minimum Gasteiger partial charge on any atom is -0.478 e. The van der Waals surface area contributed by atoms with Crippen LogP contribution >= 0.6 is 0 Å². The molecule has 0 aromatic heterocycles. The van der Waals surface area contributed by atoms with E-state index < -0.39 is 12.1 Å². The van der Waals surface area contributed by atoms with Gasteiger partial charge in [-0.05, 0) is 35.7 Å². The number of fused-ring (bicyclic) bond motifs is 2. The minimum absolute atomic E-state index is 0.181. The van der Waals surface area contributed by atoms with Gasteiger partial charge in [-0.2, -0.15) is 0 Å². The van der Waals surface area contributed by atoms with Crippen LogP contribution in [0.2, 0.25) is 0 Å². The lowest BCUT2D eigenvalue weighted by molar-refractivity contribution is -0.132. The predicted octanol–water partition coefficient (Wildman–Crippen LogP) is 1.42. The second kappa shape index (κ2) is 2.83. The van der Waals surface area contributed by atoms with E-state index in [0.717, 1.165) is 18.4 Å². The topological polar surface area (TPSA) is 57.5 Å². The third-order valence-electron chi connectivity index (χ3n) is 4.06. The van der Waals surface area contributed by atoms with Crippen molar-refractivity contribution in [3.63, 3.8) is 0 Å². The van der Waals surface area contributed by atoms with Gasteiger partial charge in [-0.15, -0.1) is 0 Å². The van der Waals surface area contributed by atoms with Crippen LogP contribution in [0.25, 0.3) is 0 Å². The molecule has 0 radical (unpaired) electrons. The van der Waals surface area contributed by atoms with E-state index in [2.05, 4.69) is 13.8 Å². The monoisotopic (exact) mass is 196 g/mol. The third kappa shape index (κ3) is 1.19. The number of carbonyl (C=O) groups is 1. The second-order valence-corrected chi connectivity index (χ2v) is 5.04. The quantitative estimate of drug-likeness (QED) is 0.624. The van der Waals surface area contributed by atoms with Crippen LogP contribution in [0.15, 0.2) is 11.6 Å². The Balaban J connectivity index is 2.28. The fraction of sp³-hybridized carbons (Fsp3) is 0.727. The van der Waals surface area contributed by atoms with Crippen molar-refractivity contribution in [1.82, 2.24) is 0 Å². The smallest absolute Gasteiger partial charge is 0.328 e. The third-order valence-corrected chi connectivity index (χ3v) is 4.06. The summed E-state index contributed by atoms with van der Waals surface area (Å²) in [6, 6.07) is 0. The van der Waals surface area contributed by atoms with Crippen LogP contribution in [0, 0.1) is 17.3 Å². The molecule has 14 heavy (non-hydrogen) atoms. The zero-order valence-corrected chi connectivity index (χ0v) is 8.53. The Morgan fingerprint density at radius 3 is 2.64 bits per heavy atom. The van der Waals surface area contributed by atoms with Gasteiger partial charge in [0, 0.05) is 6.08 Å². The van der Waals surface area contributed by atoms with Crippen molar-refractivity contribution in [2.45, 2.75) is 32.8 Å². The molecule has 0 unspecified atom stereocenters. The van der Waals surface area contributed by atoms with E-state index in [0.29, 0.717) is 5.92 Å². The van der Waals surface area contributed by atoms with Crippen LogP contribution in [-0.4, -0.2) is 22.3 Å². The van der Waals surface area contributed by atoms with Gasteiger partial charge in [-0.1, -0.05) is 13.8 Å². The molecule has 0 aliphatic heterocycles. The van der Waals surface area contributed by atoms with Gasteiger partial charge in [0.05, 0.1) is 6.10 Å². The van der Waals surface area contributed by atoms with E-state index in [1.807, 2.05) is 0 Å². The van der Waals surface area contributed by atoms with Crippen molar-refractivity contribution in [2.75, 3.05) is 0 Å². The Hall–Kier alpha value is -0.830. The lowest BCUT2D eigenvalue weighted by atomic mass is 9.46. The van der Waals surface area contributed by atoms with Crippen molar-refractivity contribution >= 4 is 5.97 Å². The molecule has 0 saturated heterocycles. The lowest BCUT2D eigenvalue weighted by Gasteiger charge is -2.59. The summed E-state index contributed by atoms with van der Waals surface area (Å²) in [5.41, 5.74) is 0.908. The molecule has 3 atom stereocenters. The molecule has 78 valence electrons. The maximum atomic E-state index is 10.6. The highest BCUT2D eigenvalue weighted by Crippen LogP contribution is 2.61. The molecule has 3 fully saturated rings. The first kappa shape index (κ1) is 9.71. The fourth-order valence-electron chi connectivity index (χ4n) is 2.96. The van der Waals surface area contributed by atoms with Crippen molar-refractivity contribution in [3.8, 4) is 0 Å². The van der Waals surface area contributed by atoms with Gasteiger partial charge in [-0.25, -0.2) is 4.79 Å². The normalized spacial score (nSPS) is 41.9. The number of hydrogen-bond acceptors (Lipinski definition) is 2. The number of aliphatic hydroxyl groups excluding tert-OH is 1. The largest absolute Gasteiger partial charge is 0.478 e. The molecular weight excluding hydrogens is 180 g/mol. The molecular formula is C11H16O3. The van der Waals surface area contributed by atoms with Gasteiger partial charge in [0.2, 0.25) is 0 Å². The Labute approximate surface area is 83.4 Å². The molecule has 0 aromatic carbocycles. The molecule has 2 N–H and O–H groups in total. The molecule has 3 heteroatoms. The molecule has 0 heterocycles. The first-order chi connectivity index (χ1) is 6.43. The summed E-state index contributed by atoms with van der Waals surface area (Å²) in [6.07, 6.45) is 2.45. The standard InChI is InChI=1S/C11H16O3/c1-11(2)6-3-8(11)7(5-10(13)14)9(12)4-6/h5-6,8-9,12H,3-4H2,1-2H3,(H,13,14)/b7-5-/t6-,8+,9-/m0/s1. The number of hydrogen-bond donors (Lipinski definition) is 2. The van der Waals surface area contributed by atoms with E-state index in [1.54, 1.807) is 0 Å². The number of rotatable bonds is 1. The highest BCUT2D eigenvalue weighted by molar-refractivity contribution is 5.81. The van der Waals surface area contributed by atoms with Gasteiger partial charge < -0.3 is 10.2 Å². The van der Waals surface area contributed by atoms with E-state index in [-0.39, 0.29) is 11.3 Å². The van der Waals surface area contributed by atoms with Crippen molar-refractivity contribution in [3.05, 3.63) is 11.6 Å². The number of aliphatic carboxylic acids is 1. The highest BCUT2D eigenvalue weighted by atomic mass is 16.4. The summed E-state index contributed by atoms with van der Waals surface area (Å²) in [4.78, 5) is 10.6. The summed E-state index contributed by atoms with van der Waals surface area (Å²) < 4.78 is 0. The van der Waals surface area contributed by atoms with E-state index in [4.69, 9.17) is 5.11 Å². The van der Waals surface area contributed by atoms with Gasteiger partial charge >= 0.3 is 5.97 Å². The van der Waals surface area contributed by atoms with Crippen molar-refractivity contribution in [1.29, 1.82) is 0 Å². The van der Waals surface area contributed by atoms with Gasteiger partial charge in [0.15, 0.2) is 0 Å². The molecule has 0 spiro atoms. The second-order valence-electron chi connectivity index (χ2n) is 5.04. The summed E-state index contributed by atoms with van der Waals surface area (Å²) in [5, 5.41) is 18.4. The van der Waals surface area contributed by atoms with Gasteiger partial charge in [0.1, 0.15) is 0 Å². The Kier molecular flexibility index (Phi) is 1.96. The SMILES string of the molecule is CC1(C)[C@H]2C[C@@H]1/C(=C/C(=O)O)[C@@H](O)C2. The summed E-state index contributed by atoms with van der Waals surface area (Å²) in [5.74, 6) is -0.110. The Bertz CT molecular complexity index is 304. The first-order valence-corrected chi connectivity index (χ1v) is 5.05. The zero-order chi connectivity index (χ0) is 10.5. The van der Waals surface area contributed by atoms with Crippen LogP contribution < -0.4 is 0 Å². The maximum Gasteiger partial charge on any atom is 0.328 e. The molecule has 0 aromatic rings. The Morgan fingerprint density at radius 1 is 1.50 bits per heavy atom. The van der Waals surface area contributed by atoms with Crippen molar-refractivity contribution < 1.29 is 15.0 Å². The summed E-state index contributed by atoms with van der Waals surface area (Å²) in [6.45, 7) is 4.32. The minimum atomic E-state index is -0.944. The van der Waals surface area contributed by atoms with E-state index in [9.17, 15) is 9.90 Å². The maximum absolute atomic E-state index is 10.6. The Morgan fingerprint density at radius 2 is 2.14 bits per heavy atom. The summed E-state index contributed by atoms with van der Waals surface area (Å²) >= 11 is 0. The van der Waals surface area contributed by atoms with Crippen LogP contribution in [0.4, 0.5) is 0 Å². The van der Waals surface area contributed by atoms with Crippen molar-refractivity contribution in [2.24, 2.45) is 17.3 Å². The van der Waals surface area contributed by atoms with Gasteiger partial charge in [-0.3, -0.25) is 0 Å². The van der Waals surface area contributed by atoms with Crippen LogP contribution in [0.5, 0.6) is 0 Å². The molecule has 3 nitrogen and oxygen atoms in total. The van der Waals surface area contributed by atoms with Crippen LogP contribution in [0.3, 0.4) is 0 Å². The molecule has 3 aliphatic rings. The average Bonchev–Trinajstić information content (AvgIpc) is 2.06. The first-order valence-electron chi connectivity index (χ1n) is 5.05. The molecule has 0 amide bonds. The number of carboxylic acid groups (broad SMARTS) is 1. The molecule has 3 rings (SSSR count). The molecule has 2 bridgehead atoms. The fourth-order valence-corrected chi connectivity index (χ4v) is 2.96. The van der Waals surface area contributed by atoms with E-state index in [1.165, 1.54) is 6.08 Å². The number of aliphatic hydroxyl groups is 1. The highest BCUT2D eigenvalue weighted by Gasteiger charge is 2.55. The van der Waals surface area contributed by atoms with Crippen LogP contribution in [-0.2, 0) is 4.79 Å². The van der Waals surface area contributed by atoms with E-state index >= 15 is 0 Å². The van der Waals surface area contributed by atoms with Crippen LogP contribution in [0.1, 0.15) is 26.7 Å². The number of carboxylic acids is 1. The summed E-state index contributed by atoms with van der Waals surface area (Å²) in [7, 11) is 0. The zero-order valence-electron chi connectivity index (χ0n) is 8.53. The molecule has 3 saturated carbocycles.